The molecule has 0 atom stereocenters. The van der Waals surface area contributed by atoms with E-state index in [0.29, 0.717) is 12.1 Å². The second-order valence-electron chi connectivity index (χ2n) is 6.78. The maximum Gasteiger partial charge on any atom is 0.272 e. The number of hydrogen-bond donors (Lipinski definition) is 1. The molecule has 0 fully saturated rings. The first-order valence-corrected chi connectivity index (χ1v) is 8.21. The summed E-state index contributed by atoms with van der Waals surface area (Å²) in [5.74, 6) is 0.928. The maximum absolute atomic E-state index is 11.1. The first-order chi connectivity index (χ1) is 11.8. The molecule has 6 heteroatoms. The van der Waals surface area contributed by atoms with Crippen LogP contribution in [0.2, 0.25) is 0 Å². The number of nitrogens with zero attached hydrogens (tertiary/aromatic N) is 3. The van der Waals surface area contributed by atoms with Gasteiger partial charge in [0, 0.05) is 25.2 Å². The molecule has 0 radical (unpaired) electrons. The number of aromatic nitrogens is 2. The molecule has 0 saturated heterocycles. The van der Waals surface area contributed by atoms with E-state index in [2.05, 4.69) is 23.7 Å². The zero-order chi connectivity index (χ0) is 18.2. The minimum absolute atomic E-state index is 0.153. The molecule has 0 aliphatic rings. The minimum Gasteiger partial charge on any atom is -0.330 e. The Balaban J connectivity index is 1.88. The summed E-state index contributed by atoms with van der Waals surface area (Å²) >= 11 is 0. The molecule has 1 N–H and O–H groups in total. The number of nitrogens with one attached hydrogen (secondary N) is 1. The van der Waals surface area contributed by atoms with Crippen LogP contribution in [0, 0.1) is 17.0 Å². The fourth-order valence-corrected chi connectivity index (χ4v) is 3.16. The molecule has 6 nitrogen and oxygen atoms in total. The van der Waals surface area contributed by atoms with E-state index in [4.69, 9.17) is 4.98 Å². The van der Waals surface area contributed by atoms with Crippen molar-refractivity contribution in [2.75, 3.05) is 0 Å². The third kappa shape index (κ3) is 3.13. The molecule has 0 unspecified atom stereocenters. The van der Waals surface area contributed by atoms with Crippen LogP contribution in [0.25, 0.3) is 11.0 Å². The summed E-state index contributed by atoms with van der Waals surface area (Å²) in [5.41, 5.74) is 3.42. The molecule has 3 aromatic rings. The first kappa shape index (κ1) is 17.1. The Hall–Kier alpha value is -2.73. The average Bonchev–Trinajstić information content (AvgIpc) is 2.92. The van der Waals surface area contributed by atoms with E-state index in [9.17, 15) is 10.1 Å². The molecule has 0 aliphatic heterocycles. The van der Waals surface area contributed by atoms with E-state index in [1.54, 1.807) is 13.0 Å². The molecule has 0 saturated carbocycles. The summed E-state index contributed by atoms with van der Waals surface area (Å²) in [7, 11) is 2.01. The number of rotatable bonds is 5. The monoisotopic (exact) mass is 338 g/mol. The Kier molecular flexibility index (Phi) is 4.30. The molecular weight excluding hydrogens is 316 g/mol. The van der Waals surface area contributed by atoms with E-state index >= 15 is 0 Å². The summed E-state index contributed by atoms with van der Waals surface area (Å²) in [6, 6.07) is 13.2. The second kappa shape index (κ2) is 6.29. The summed E-state index contributed by atoms with van der Waals surface area (Å²) in [6.07, 6.45) is 0. The van der Waals surface area contributed by atoms with Gasteiger partial charge in [-0.3, -0.25) is 10.1 Å². The molecule has 0 bridgehead atoms. The first-order valence-electron chi connectivity index (χ1n) is 8.21. The largest absolute Gasteiger partial charge is 0.330 e. The topological polar surface area (TPSA) is 73.0 Å². The summed E-state index contributed by atoms with van der Waals surface area (Å²) in [5, 5.41) is 14.6. The molecule has 3 rings (SSSR count). The molecule has 25 heavy (non-hydrogen) atoms. The van der Waals surface area contributed by atoms with E-state index in [0.717, 1.165) is 22.4 Å². The van der Waals surface area contributed by atoms with Crippen LogP contribution in [0.15, 0.2) is 42.5 Å². The van der Waals surface area contributed by atoms with E-state index in [1.165, 1.54) is 6.07 Å². The number of nitro benzene ring substituents is 1. The van der Waals surface area contributed by atoms with Crippen LogP contribution in [0.1, 0.15) is 30.8 Å². The van der Waals surface area contributed by atoms with Crippen LogP contribution in [0.4, 0.5) is 5.69 Å². The summed E-state index contributed by atoms with van der Waals surface area (Å²) in [4.78, 5) is 15.5. The Bertz CT molecular complexity index is 944. The van der Waals surface area contributed by atoms with Crippen molar-refractivity contribution in [2.45, 2.75) is 32.9 Å². The minimum atomic E-state index is -0.384. The van der Waals surface area contributed by atoms with Gasteiger partial charge in [-0.15, -0.1) is 0 Å². The van der Waals surface area contributed by atoms with Crippen molar-refractivity contribution in [2.24, 2.45) is 7.05 Å². The Morgan fingerprint density at radius 3 is 2.60 bits per heavy atom. The number of benzene rings is 2. The molecular formula is C19H22N4O2. The van der Waals surface area contributed by atoms with Gasteiger partial charge in [-0.05, 0) is 38.5 Å². The molecule has 0 aliphatic carbocycles. The predicted molar refractivity (Wildman–Crippen MR) is 98.4 cm³/mol. The lowest BCUT2D eigenvalue weighted by atomic mass is 10.0. The van der Waals surface area contributed by atoms with Crippen LogP contribution in [0.5, 0.6) is 0 Å². The lowest BCUT2D eigenvalue weighted by Gasteiger charge is -2.26. The lowest BCUT2D eigenvalue weighted by molar-refractivity contribution is -0.385. The Labute approximate surface area is 146 Å². The van der Waals surface area contributed by atoms with E-state index in [1.807, 2.05) is 37.4 Å². The molecule has 2 aromatic carbocycles. The van der Waals surface area contributed by atoms with Crippen molar-refractivity contribution in [1.82, 2.24) is 14.9 Å². The van der Waals surface area contributed by atoms with Crippen molar-refractivity contribution in [3.63, 3.8) is 0 Å². The quantitative estimate of drug-likeness (QED) is 0.567. The van der Waals surface area contributed by atoms with Gasteiger partial charge in [-0.25, -0.2) is 4.98 Å². The molecule has 130 valence electrons. The van der Waals surface area contributed by atoms with Gasteiger partial charge in [-0.2, -0.15) is 0 Å². The number of aryl methyl sites for hydroxylation is 1. The van der Waals surface area contributed by atoms with Gasteiger partial charge in [0.2, 0.25) is 0 Å². The van der Waals surface area contributed by atoms with E-state index in [-0.39, 0.29) is 16.1 Å². The van der Waals surface area contributed by atoms with Crippen molar-refractivity contribution in [3.05, 3.63) is 69.5 Å². The third-order valence-corrected chi connectivity index (χ3v) is 4.68. The van der Waals surface area contributed by atoms with Gasteiger partial charge in [-0.1, -0.05) is 24.3 Å². The van der Waals surface area contributed by atoms with Crippen molar-refractivity contribution >= 4 is 16.7 Å². The standard InChI is InChI=1S/C19H22N4O2/c1-13-14(8-7-11-16(13)23(24)25)12-20-19(2,3)18-21-15-9-5-6-10-17(15)22(18)4/h5-11,20H,12H2,1-4H3. The van der Waals surface area contributed by atoms with Gasteiger partial charge >= 0.3 is 0 Å². The number of hydrogen-bond acceptors (Lipinski definition) is 4. The van der Waals surface area contributed by atoms with Gasteiger partial charge in [0.1, 0.15) is 5.82 Å². The fraction of sp³-hybridized carbons (Fsp3) is 0.316. The fourth-order valence-electron chi connectivity index (χ4n) is 3.16. The zero-order valence-corrected chi connectivity index (χ0v) is 14.9. The Morgan fingerprint density at radius 2 is 1.92 bits per heavy atom. The van der Waals surface area contributed by atoms with Crippen LogP contribution in [-0.2, 0) is 19.1 Å². The molecule has 0 spiro atoms. The zero-order valence-electron chi connectivity index (χ0n) is 14.9. The smallest absolute Gasteiger partial charge is 0.272 e. The van der Waals surface area contributed by atoms with Crippen molar-refractivity contribution in [3.8, 4) is 0 Å². The number of nitro groups is 1. The molecule has 1 heterocycles. The van der Waals surface area contributed by atoms with Crippen molar-refractivity contribution in [1.29, 1.82) is 0 Å². The highest BCUT2D eigenvalue weighted by Crippen LogP contribution is 2.26. The average molecular weight is 338 g/mol. The molecule has 0 amide bonds. The third-order valence-electron chi connectivity index (χ3n) is 4.68. The van der Waals surface area contributed by atoms with Crippen LogP contribution < -0.4 is 5.32 Å². The number of fused-ring (bicyclic) bond motifs is 1. The number of imidazole rings is 1. The highest BCUT2D eigenvalue weighted by Gasteiger charge is 2.26. The van der Waals surface area contributed by atoms with Crippen LogP contribution in [0.3, 0.4) is 0 Å². The predicted octanol–water partition coefficient (Wildman–Crippen LogP) is 3.81. The summed E-state index contributed by atoms with van der Waals surface area (Å²) in [6.45, 7) is 6.46. The van der Waals surface area contributed by atoms with Gasteiger partial charge in [0.15, 0.2) is 0 Å². The second-order valence-corrected chi connectivity index (χ2v) is 6.78. The van der Waals surface area contributed by atoms with Crippen LogP contribution >= 0.6 is 0 Å². The summed E-state index contributed by atoms with van der Waals surface area (Å²) < 4.78 is 2.09. The van der Waals surface area contributed by atoms with Gasteiger partial charge < -0.3 is 9.88 Å². The van der Waals surface area contributed by atoms with Gasteiger partial charge in [0.25, 0.3) is 5.69 Å². The number of para-hydroxylation sites is 2. The van der Waals surface area contributed by atoms with Crippen LogP contribution in [-0.4, -0.2) is 14.5 Å². The Morgan fingerprint density at radius 1 is 1.20 bits per heavy atom. The van der Waals surface area contributed by atoms with Crippen molar-refractivity contribution < 1.29 is 4.92 Å². The highest BCUT2D eigenvalue weighted by molar-refractivity contribution is 5.76. The van der Waals surface area contributed by atoms with Gasteiger partial charge in [0.05, 0.1) is 21.5 Å². The maximum atomic E-state index is 11.1. The highest BCUT2D eigenvalue weighted by atomic mass is 16.6. The SMILES string of the molecule is Cc1c(CNC(C)(C)c2nc3ccccc3n2C)cccc1[N+](=O)[O-]. The molecule has 1 aromatic heterocycles. The van der Waals surface area contributed by atoms with E-state index < -0.39 is 0 Å². The normalized spacial score (nSPS) is 11.8. The lowest BCUT2D eigenvalue weighted by Crippen LogP contribution is -2.38.